The third-order valence-electron chi connectivity index (χ3n) is 5.84. The second-order valence-corrected chi connectivity index (χ2v) is 8.73. The first-order valence-corrected chi connectivity index (χ1v) is 12.1. The lowest BCUT2D eigenvalue weighted by Gasteiger charge is -2.21. The molecule has 8 nitrogen and oxygen atoms in total. The summed E-state index contributed by atoms with van der Waals surface area (Å²) in [5.74, 6) is 1.32. The number of para-hydroxylation sites is 2. The van der Waals surface area contributed by atoms with Gasteiger partial charge in [-0.25, -0.2) is 4.98 Å². The zero-order chi connectivity index (χ0) is 24.2. The fraction of sp³-hybridized carbons (Fsp3) is 0.280. The molecule has 174 valence electrons. The van der Waals surface area contributed by atoms with Crippen molar-refractivity contribution in [2.75, 3.05) is 23.7 Å². The van der Waals surface area contributed by atoms with Crippen LogP contribution in [0.1, 0.15) is 19.7 Å². The van der Waals surface area contributed by atoms with Crippen LogP contribution in [0.15, 0.2) is 59.4 Å². The number of hydrogen-bond acceptors (Lipinski definition) is 7. The highest BCUT2D eigenvalue weighted by atomic mass is 32.2. The maximum Gasteiger partial charge on any atom is 0.191 e. The van der Waals surface area contributed by atoms with Gasteiger partial charge in [-0.05, 0) is 50.2 Å². The quantitative estimate of drug-likeness (QED) is 0.223. The van der Waals surface area contributed by atoms with Gasteiger partial charge in [0.2, 0.25) is 0 Å². The fourth-order valence-electron chi connectivity index (χ4n) is 3.92. The van der Waals surface area contributed by atoms with Crippen LogP contribution in [0.25, 0.3) is 28.0 Å². The maximum absolute atomic E-state index is 10.7. The molecule has 2 aromatic carbocycles. The molecule has 4 rings (SSSR count). The lowest BCUT2D eigenvalue weighted by atomic mass is 10.2. The van der Waals surface area contributed by atoms with Crippen molar-refractivity contribution >= 4 is 34.1 Å². The van der Waals surface area contributed by atoms with Crippen molar-refractivity contribution in [2.45, 2.75) is 19.0 Å². The third-order valence-corrected chi connectivity index (χ3v) is 6.87. The van der Waals surface area contributed by atoms with Gasteiger partial charge >= 0.3 is 0 Å². The lowest BCUT2D eigenvalue weighted by Crippen LogP contribution is -2.21. The summed E-state index contributed by atoms with van der Waals surface area (Å²) in [7, 11) is 3.73. The number of benzene rings is 2. The number of aromatic nitrogens is 5. The predicted octanol–water partition coefficient (Wildman–Crippen LogP) is 4.80. The Labute approximate surface area is 203 Å². The first kappa shape index (κ1) is 23.4. The van der Waals surface area contributed by atoms with Crippen molar-refractivity contribution in [2.24, 2.45) is 14.1 Å². The highest BCUT2D eigenvalue weighted by Crippen LogP contribution is 2.28. The van der Waals surface area contributed by atoms with Crippen molar-refractivity contribution in [1.82, 2.24) is 24.3 Å². The van der Waals surface area contributed by atoms with Crippen molar-refractivity contribution in [3.63, 3.8) is 0 Å². The number of anilines is 1. The minimum atomic E-state index is -0.0426. The van der Waals surface area contributed by atoms with Crippen LogP contribution >= 0.6 is 11.8 Å². The maximum atomic E-state index is 10.7. The molecular formula is C25H27N7OS. The van der Waals surface area contributed by atoms with Gasteiger partial charge in [0, 0.05) is 38.4 Å². The van der Waals surface area contributed by atoms with Crippen LogP contribution in [0.4, 0.5) is 5.69 Å². The molecule has 0 spiro atoms. The van der Waals surface area contributed by atoms with Crippen LogP contribution in [0, 0.1) is 11.3 Å². The number of rotatable bonds is 8. The average Bonchev–Trinajstić information content (AvgIpc) is 3.39. The van der Waals surface area contributed by atoms with Gasteiger partial charge in [0.05, 0.1) is 16.8 Å². The lowest BCUT2D eigenvalue weighted by molar-refractivity contribution is 0.420. The average molecular weight is 474 g/mol. The van der Waals surface area contributed by atoms with Crippen molar-refractivity contribution in [3.05, 3.63) is 60.1 Å². The van der Waals surface area contributed by atoms with Gasteiger partial charge in [-0.1, -0.05) is 23.9 Å². The Bertz CT molecular complexity index is 1370. The number of allylic oxidation sites excluding steroid dienone is 1. The number of aliphatic hydroxyl groups excluding tert-OH is 1. The molecule has 9 heteroatoms. The van der Waals surface area contributed by atoms with Crippen LogP contribution in [0.5, 0.6) is 0 Å². The summed E-state index contributed by atoms with van der Waals surface area (Å²) in [6.07, 6.45) is 0. The topological polar surface area (TPSA) is 95.8 Å². The number of nitriles is 1. The largest absolute Gasteiger partial charge is 0.510 e. The normalized spacial score (nSPS) is 12.0. The van der Waals surface area contributed by atoms with Gasteiger partial charge in [-0.3, -0.25) is 0 Å². The van der Waals surface area contributed by atoms with Gasteiger partial charge in [-0.15, -0.1) is 10.2 Å². The molecule has 0 saturated carbocycles. The standard InChI is InChI=1S/C25H27N7OS/c1-5-32(6-2)18-13-11-17(12-14-18)23-28-29-25(31(23)4)34-16-22(33)19(15-26)24-27-20-9-7-8-10-21(20)30(24)3/h7-14,33H,5-6,16H2,1-4H3/b22-19-. The minimum Gasteiger partial charge on any atom is -0.510 e. The molecule has 1 N–H and O–H groups in total. The van der Waals surface area contributed by atoms with Gasteiger partial charge in [0.25, 0.3) is 0 Å². The minimum absolute atomic E-state index is 0.0426. The fourth-order valence-corrected chi connectivity index (χ4v) is 4.71. The number of aliphatic hydroxyl groups is 1. The van der Waals surface area contributed by atoms with Gasteiger partial charge in [0.15, 0.2) is 16.8 Å². The van der Waals surface area contributed by atoms with E-state index in [1.54, 1.807) is 0 Å². The molecule has 0 unspecified atom stereocenters. The summed E-state index contributed by atoms with van der Waals surface area (Å²) < 4.78 is 3.71. The van der Waals surface area contributed by atoms with Gasteiger partial charge < -0.3 is 19.1 Å². The Morgan fingerprint density at radius 3 is 2.38 bits per heavy atom. The second kappa shape index (κ2) is 10.0. The molecule has 34 heavy (non-hydrogen) atoms. The number of fused-ring (bicyclic) bond motifs is 1. The first-order valence-electron chi connectivity index (χ1n) is 11.1. The summed E-state index contributed by atoms with van der Waals surface area (Å²) in [4.78, 5) is 6.82. The van der Waals surface area contributed by atoms with E-state index < -0.39 is 0 Å². The number of aryl methyl sites for hydroxylation is 1. The summed E-state index contributed by atoms with van der Waals surface area (Å²) in [6, 6.07) is 18.0. The SMILES string of the molecule is CCN(CC)c1ccc(-c2nnc(SC/C(O)=C(\C#N)c3nc4ccccc4n3C)n2C)cc1. The van der Waals surface area contributed by atoms with E-state index in [0.29, 0.717) is 11.0 Å². The summed E-state index contributed by atoms with van der Waals surface area (Å²) >= 11 is 1.32. The van der Waals surface area contributed by atoms with Gasteiger partial charge in [-0.2, -0.15) is 5.26 Å². The van der Waals surface area contributed by atoms with Crippen LogP contribution in [0.2, 0.25) is 0 Å². The van der Waals surface area contributed by atoms with E-state index >= 15 is 0 Å². The molecule has 0 aliphatic rings. The van der Waals surface area contributed by atoms with Crippen LogP contribution < -0.4 is 4.90 Å². The highest BCUT2D eigenvalue weighted by Gasteiger charge is 2.18. The Morgan fingerprint density at radius 1 is 1.03 bits per heavy atom. The molecule has 0 fully saturated rings. The second-order valence-electron chi connectivity index (χ2n) is 7.79. The Kier molecular flexibility index (Phi) is 6.89. The molecule has 0 amide bonds. The molecule has 0 saturated heterocycles. The molecule has 0 aliphatic carbocycles. The number of imidazole rings is 1. The smallest absolute Gasteiger partial charge is 0.191 e. The van der Waals surface area contributed by atoms with E-state index in [9.17, 15) is 10.4 Å². The Balaban J connectivity index is 1.54. The summed E-state index contributed by atoms with van der Waals surface area (Å²) in [5.41, 5.74) is 3.97. The Morgan fingerprint density at radius 2 is 1.74 bits per heavy atom. The Hall–Kier alpha value is -3.77. The molecule has 0 atom stereocenters. The summed E-state index contributed by atoms with van der Waals surface area (Å²) in [5, 5.41) is 29.8. The molecule has 0 aliphatic heterocycles. The molecule has 2 heterocycles. The monoisotopic (exact) mass is 473 g/mol. The molecule has 0 radical (unpaired) electrons. The van der Waals surface area contributed by atoms with E-state index in [1.165, 1.54) is 17.4 Å². The van der Waals surface area contributed by atoms with Crippen LogP contribution in [0.3, 0.4) is 0 Å². The van der Waals surface area contributed by atoms with E-state index in [4.69, 9.17) is 0 Å². The molecule has 4 aromatic rings. The van der Waals surface area contributed by atoms with Gasteiger partial charge in [0.1, 0.15) is 17.4 Å². The zero-order valence-corrected chi connectivity index (χ0v) is 20.5. The van der Waals surface area contributed by atoms with E-state index in [0.717, 1.165) is 35.5 Å². The molecule has 0 bridgehead atoms. The number of thioether (sulfide) groups is 1. The van der Waals surface area contributed by atoms with E-state index in [1.807, 2.05) is 59.6 Å². The molecule has 2 aromatic heterocycles. The predicted molar refractivity (Wildman–Crippen MR) is 137 cm³/mol. The number of hydrogen-bond donors (Lipinski definition) is 1. The highest BCUT2D eigenvalue weighted by molar-refractivity contribution is 7.99. The molecular weight excluding hydrogens is 446 g/mol. The first-order chi connectivity index (χ1) is 16.5. The summed E-state index contributed by atoms with van der Waals surface area (Å²) in [6.45, 7) is 6.19. The van der Waals surface area contributed by atoms with Crippen molar-refractivity contribution in [1.29, 1.82) is 5.26 Å². The van der Waals surface area contributed by atoms with Crippen molar-refractivity contribution < 1.29 is 5.11 Å². The van der Waals surface area contributed by atoms with E-state index in [-0.39, 0.29) is 17.1 Å². The van der Waals surface area contributed by atoms with Crippen LogP contribution in [-0.2, 0) is 14.1 Å². The zero-order valence-electron chi connectivity index (χ0n) is 19.7. The van der Waals surface area contributed by atoms with Crippen molar-refractivity contribution in [3.8, 4) is 17.5 Å². The number of nitrogens with zero attached hydrogens (tertiary/aromatic N) is 7. The van der Waals surface area contributed by atoms with Crippen LogP contribution in [-0.4, -0.2) is 48.3 Å². The van der Waals surface area contributed by atoms with E-state index in [2.05, 4.69) is 52.1 Å². The third kappa shape index (κ3) is 4.37.